The van der Waals surface area contributed by atoms with Crippen molar-refractivity contribution in [2.75, 3.05) is 24.5 Å². The Bertz CT molecular complexity index is 394. The fourth-order valence-corrected chi connectivity index (χ4v) is 2.53. The van der Waals surface area contributed by atoms with E-state index in [-0.39, 0.29) is 11.9 Å². The van der Waals surface area contributed by atoms with E-state index in [4.69, 9.17) is 5.73 Å². The Morgan fingerprint density at radius 1 is 1.37 bits per heavy atom. The number of carbonyl (C=O) groups is 1. The van der Waals surface area contributed by atoms with E-state index in [2.05, 4.69) is 34.5 Å². The number of carbonyl (C=O) groups excluding carboxylic acids is 1. The molecule has 0 aliphatic carbocycles. The van der Waals surface area contributed by atoms with Crippen LogP contribution >= 0.6 is 0 Å². The smallest absolute Gasteiger partial charge is 0.220 e. The topological polar surface area (TPSA) is 58.4 Å². The molecule has 0 aromatic heterocycles. The summed E-state index contributed by atoms with van der Waals surface area (Å²) in [4.78, 5) is 14.1. The summed E-state index contributed by atoms with van der Waals surface area (Å²) in [7, 11) is 0. The van der Waals surface area contributed by atoms with Crippen LogP contribution in [0.2, 0.25) is 0 Å². The molecule has 0 radical (unpaired) electrons. The van der Waals surface area contributed by atoms with E-state index in [0.717, 1.165) is 32.4 Å². The Morgan fingerprint density at radius 2 is 2.16 bits per heavy atom. The first-order valence-corrected chi connectivity index (χ1v) is 7.09. The van der Waals surface area contributed by atoms with Gasteiger partial charge >= 0.3 is 0 Å². The first kappa shape index (κ1) is 13.9. The van der Waals surface area contributed by atoms with E-state index < -0.39 is 0 Å². The van der Waals surface area contributed by atoms with Gasteiger partial charge in [-0.15, -0.1) is 0 Å². The van der Waals surface area contributed by atoms with E-state index in [1.807, 2.05) is 6.07 Å². The lowest BCUT2D eigenvalue weighted by Crippen LogP contribution is -2.47. The molecule has 1 aliphatic rings. The largest absolute Gasteiger partial charge is 0.369 e. The van der Waals surface area contributed by atoms with Crippen LogP contribution in [0, 0.1) is 0 Å². The van der Waals surface area contributed by atoms with Gasteiger partial charge in [-0.05, 0) is 37.9 Å². The van der Waals surface area contributed by atoms with Gasteiger partial charge in [-0.25, -0.2) is 0 Å². The number of nitrogens with one attached hydrogen (secondary N) is 1. The molecule has 19 heavy (non-hydrogen) atoms. The van der Waals surface area contributed by atoms with E-state index in [0.29, 0.717) is 13.0 Å². The van der Waals surface area contributed by atoms with Crippen molar-refractivity contribution in [1.29, 1.82) is 0 Å². The van der Waals surface area contributed by atoms with Gasteiger partial charge in [-0.3, -0.25) is 4.79 Å². The average molecular weight is 261 g/mol. The molecule has 1 amide bonds. The Labute approximate surface area is 115 Å². The number of hydrogen-bond acceptors (Lipinski definition) is 3. The quantitative estimate of drug-likeness (QED) is 0.844. The zero-order valence-electron chi connectivity index (χ0n) is 11.3. The van der Waals surface area contributed by atoms with Crippen LogP contribution in [0.5, 0.6) is 0 Å². The Kier molecular flexibility index (Phi) is 5.21. The molecule has 1 aromatic carbocycles. The molecule has 0 bridgehead atoms. The molecule has 1 heterocycles. The molecule has 1 atom stereocenters. The van der Waals surface area contributed by atoms with Crippen LogP contribution in [-0.4, -0.2) is 31.6 Å². The molecule has 3 N–H and O–H groups in total. The first-order valence-electron chi connectivity index (χ1n) is 7.09. The fraction of sp³-hybridized carbons (Fsp3) is 0.533. The summed E-state index contributed by atoms with van der Waals surface area (Å²) in [5, 5.41) is 3.12. The van der Waals surface area contributed by atoms with Crippen LogP contribution in [0.25, 0.3) is 0 Å². The minimum Gasteiger partial charge on any atom is -0.369 e. The van der Waals surface area contributed by atoms with Crippen molar-refractivity contribution in [3.63, 3.8) is 0 Å². The second-order valence-corrected chi connectivity index (χ2v) is 5.08. The number of rotatable bonds is 5. The highest BCUT2D eigenvalue weighted by molar-refractivity contribution is 5.76. The first-order chi connectivity index (χ1) is 9.29. The summed E-state index contributed by atoms with van der Waals surface area (Å²) in [5.74, 6) is 0.130. The van der Waals surface area contributed by atoms with Gasteiger partial charge in [0.15, 0.2) is 0 Å². The lowest BCUT2D eigenvalue weighted by molar-refractivity contribution is -0.121. The van der Waals surface area contributed by atoms with Gasteiger partial charge in [0.1, 0.15) is 0 Å². The molecule has 4 nitrogen and oxygen atoms in total. The highest BCUT2D eigenvalue weighted by Crippen LogP contribution is 2.19. The third kappa shape index (κ3) is 4.24. The molecule has 1 fully saturated rings. The van der Waals surface area contributed by atoms with Gasteiger partial charge in [-0.1, -0.05) is 18.2 Å². The summed E-state index contributed by atoms with van der Waals surface area (Å²) in [5.41, 5.74) is 6.66. The third-order valence-electron chi connectivity index (χ3n) is 3.52. The maximum atomic E-state index is 11.7. The molecule has 2 rings (SSSR count). The molecule has 104 valence electrons. The number of nitrogens with zero attached hydrogens (tertiary/aromatic N) is 1. The predicted molar refractivity (Wildman–Crippen MR) is 78.1 cm³/mol. The number of para-hydroxylation sites is 1. The molecule has 0 saturated carbocycles. The van der Waals surface area contributed by atoms with E-state index in [9.17, 15) is 4.79 Å². The predicted octanol–water partition coefficient (Wildman–Crippen LogP) is 1.51. The summed E-state index contributed by atoms with van der Waals surface area (Å²) >= 11 is 0. The van der Waals surface area contributed by atoms with Crippen molar-refractivity contribution in [2.24, 2.45) is 5.73 Å². The molecule has 1 saturated heterocycles. The van der Waals surface area contributed by atoms with Crippen LogP contribution in [0.1, 0.15) is 25.7 Å². The van der Waals surface area contributed by atoms with Crippen LogP contribution in [-0.2, 0) is 4.79 Å². The van der Waals surface area contributed by atoms with Gasteiger partial charge in [0.25, 0.3) is 0 Å². The minimum absolute atomic E-state index is 0.130. The number of piperidine rings is 1. The highest BCUT2D eigenvalue weighted by Gasteiger charge is 2.21. The number of amides is 1. The van der Waals surface area contributed by atoms with Crippen molar-refractivity contribution in [1.82, 2.24) is 5.32 Å². The van der Waals surface area contributed by atoms with E-state index in [1.54, 1.807) is 0 Å². The lowest BCUT2D eigenvalue weighted by Gasteiger charge is -2.34. The van der Waals surface area contributed by atoms with Crippen molar-refractivity contribution in [2.45, 2.75) is 31.7 Å². The second-order valence-electron chi connectivity index (χ2n) is 5.08. The Hall–Kier alpha value is -1.55. The van der Waals surface area contributed by atoms with Crippen molar-refractivity contribution in [3.05, 3.63) is 30.3 Å². The Balaban J connectivity index is 1.85. The third-order valence-corrected chi connectivity index (χ3v) is 3.52. The van der Waals surface area contributed by atoms with Crippen LogP contribution in [0.15, 0.2) is 30.3 Å². The van der Waals surface area contributed by atoms with Crippen LogP contribution in [0.4, 0.5) is 5.69 Å². The van der Waals surface area contributed by atoms with Gasteiger partial charge in [-0.2, -0.15) is 0 Å². The molecule has 4 heteroatoms. The van der Waals surface area contributed by atoms with Crippen LogP contribution < -0.4 is 16.0 Å². The zero-order chi connectivity index (χ0) is 13.5. The highest BCUT2D eigenvalue weighted by atomic mass is 16.1. The number of anilines is 1. The molecule has 1 aliphatic heterocycles. The average Bonchev–Trinajstić information content (AvgIpc) is 2.46. The number of hydrogen-bond donors (Lipinski definition) is 2. The number of nitrogens with two attached hydrogens (primary N) is 1. The van der Waals surface area contributed by atoms with Gasteiger partial charge < -0.3 is 16.0 Å². The SMILES string of the molecule is NCCCC(=O)NC1CCCN(c2ccccc2)C1. The summed E-state index contributed by atoms with van der Waals surface area (Å²) in [6, 6.07) is 10.6. The van der Waals surface area contributed by atoms with Crippen molar-refractivity contribution >= 4 is 11.6 Å². The summed E-state index contributed by atoms with van der Waals surface area (Å²) < 4.78 is 0. The van der Waals surface area contributed by atoms with Crippen molar-refractivity contribution < 1.29 is 4.79 Å². The summed E-state index contributed by atoms with van der Waals surface area (Å²) in [6.07, 6.45) is 3.49. The van der Waals surface area contributed by atoms with Gasteiger partial charge in [0, 0.05) is 31.2 Å². The molecular formula is C15H23N3O. The van der Waals surface area contributed by atoms with Gasteiger partial charge in [0.05, 0.1) is 0 Å². The molecular weight excluding hydrogens is 238 g/mol. The number of benzene rings is 1. The van der Waals surface area contributed by atoms with Gasteiger partial charge in [0.2, 0.25) is 5.91 Å². The standard InChI is InChI=1S/C15H23N3O/c16-10-4-9-15(19)17-13-6-5-11-18(12-13)14-7-2-1-3-8-14/h1-3,7-8,13H,4-6,9-12,16H2,(H,17,19). The Morgan fingerprint density at radius 3 is 2.89 bits per heavy atom. The molecule has 1 aromatic rings. The van der Waals surface area contributed by atoms with Crippen molar-refractivity contribution in [3.8, 4) is 0 Å². The maximum Gasteiger partial charge on any atom is 0.220 e. The lowest BCUT2D eigenvalue weighted by atomic mass is 10.0. The second kappa shape index (κ2) is 7.14. The summed E-state index contributed by atoms with van der Waals surface area (Å²) in [6.45, 7) is 2.55. The zero-order valence-corrected chi connectivity index (χ0v) is 11.3. The minimum atomic E-state index is 0.130. The van der Waals surface area contributed by atoms with E-state index >= 15 is 0 Å². The fourth-order valence-electron chi connectivity index (χ4n) is 2.53. The monoisotopic (exact) mass is 261 g/mol. The van der Waals surface area contributed by atoms with E-state index in [1.165, 1.54) is 5.69 Å². The molecule has 1 unspecified atom stereocenters. The van der Waals surface area contributed by atoms with Crippen LogP contribution in [0.3, 0.4) is 0 Å². The molecule has 0 spiro atoms. The maximum absolute atomic E-state index is 11.7. The normalized spacial score (nSPS) is 19.2.